The molecule has 0 saturated heterocycles. The van der Waals surface area contributed by atoms with Crippen LogP contribution in [0.5, 0.6) is 0 Å². The minimum Gasteiger partial charge on any atom is -0.314 e. The fraction of sp³-hybridized carbons (Fsp3) is 0.824. The number of rotatable bonds is 6. The van der Waals surface area contributed by atoms with Crippen LogP contribution in [0, 0.1) is 24.7 Å². The molecule has 0 spiro atoms. The lowest BCUT2D eigenvalue weighted by molar-refractivity contribution is 0.168. The van der Waals surface area contributed by atoms with Crippen LogP contribution in [0.4, 0.5) is 0 Å². The Balaban J connectivity index is 1.97. The summed E-state index contributed by atoms with van der Waals surface area (Å²) in [5.74, 6) is 2.60. The molecule has 0 aromatic carbocycles. The molecule has 2 rings (SSSR count). The Morgan fingerprint density at radius 2 is 2.15 bits per heavy atom. The van der Waals surface area contributed by atoms with Crippen LogP contribution in [0.15, 0.2) is 5.38 Å². The molecular formula is C17H30N2S. The van der Waals surface area contributed by atoms with Crippen molar-refractivity contribution in [1.29, 1.82) is 0 Å². The standard InChI is InChI=1S/C17H30N2S/c1-5-14-6-7-15(10-18-12(2)3)16(8-14)9-17-11-20-13(4)19-17/h11-12,14-16,18H,5-10H2,1-4H3. The number of hydrogen-bond acceptors (Lipinski definition) is 3. The van der Waals surface area contributed by atoms with Gasteiger partial charge in [-0.05, 0) is 50.5 Å². The van der Waals surface area contributed by atoms with Crippen LogP contribution >= 0.6 is 11.3 Å². The highest BCUT2D eigenvalue weighted by molar-refractivity contribution is 7.09. The highest BCUT2D eigenvalue weighted by Gasteiger charge is 2.30. The molecule has 0 aliphatic heterocycles. The molecule has 1 N–H and O–H groups in total. The summed E-state index contributed by atoms with van der Waals surface area (Å²) in [7, 11) is 0. The summed E-state index contributed by atoms with van der Waals surface area (Å²) >= 11 is 1.79. The third-order valence-corrected chi connectivity index (χ3v) is 5.57. The summed E-state index contributed by atoms with van der Waals surface area (Å²) in [6.07, 6.45) is 6.75. The fourth-order valence-corrected chi connectivity index (χ4v) is 4.10. The summed E-state index contributed by atoms with van der Waals surface area (Å²) in [5, 5.41) is 7.12. The number of hydrogen-bond donors (Lipinski definition) is 1. The third kappa shape index (κ3) is 4.56. The molecular weight excluding hydrogens is 264 g/mol. The Morgan fingerprint density at radius 3 is 2.75 bits per heavy atom. The first kappa shape index (κ1) is 16.0. The highest BCUT2D eigenvalue weighted by atomic mass is 32.1. The maximum Gasteiger partial charge on any atom is 0.0897 e. The Kier molecular flexibility index (Phi) is 6.03. The van der Waals surface area contributed by atoms with Gasteiger partial charge in [-0.2, -0.15) is 0 Å². The fourth-order valence-electron chi connectivity index (χ4n) is 3.47. The molecule has 1 heterocycles. The Hall–Kier alpha value is -0.410. The average molecular weight is 295 g/mol. The lowest BCUT2D eigenvalue weighted by atomic mass is 9.71. The van der Waals surface area contributed by atoms with Crippen LogP contribution in [0.2, 0.25) is 0 Å². The summed E-state index contributed by atoms with van der Waals surface area (Å²) in [5.41, 5.74) is 1.32. The van der Waals surface area contributed by atoms with Gasteiger partial charge in [0.2, 0.25) is 0 Å². The molecule has 3 unspecified atom stereocenters. The molecule has 0 amide bonds. The predicted octanol–water partition coefficient (Wildman–Crippen LogP) is 4.43. The van der Waals surface area contributed by atoms with Crippen LogP contribution in [0.1, 0.15) is 57.2 Å². The summed E-state index contributed by atoms with van der Waals surface area (Å²) < 4.78 is 0. The van der Waals surface area contributed by atoms with Crippen molar-refractivity contribution in [3.63, 3.8) is 0 Å². The normalized spacial score (nSPS) is 27.1. The molecule has 0 bridgehead atoms. The van der Waals surface area contributed by atoms with E-state index in [1.807, 2.05) is 0 Å². The van der Waals surface area contributed by atoms with Crippen LogP contribution in [0.25, 0.3) is 0 Å². The maximum absolute atomic E-state index is 4.68. The molecule has 20 heavy (non-hydrogen) atoms. The minimum atomic E-state index is 0.598. The molecule has 0 radical (unpaired) electrons. The minimum absolute atomic E-state index is 0.598. The lowest BCUT2D eigenvalue weighted by Gasteiger charge is -2.36. The van der Waals surface area contributed by atoms with Gasteiger partial charge in [0.25, 0.3) is 0 Å². The molecule has 1 aromatic heterocycles. The summed E-state index contributed by atoms with van der Waals surface area (Å²) in [6.45, 7) is 10.1. The van der Waals surface area contributed by atoms with Crippen molar-refractivity contribution >= 4 is 11.3 Å². The Bertz CT molecular complexity index is 399. The first-order valence-corrected chi connectivity index (χ1v) is 9.10. The molecule has 3 heteroatoms. The van der Waals surface area contributed by atoms with E-state index in [4.69, 9.17) is 0 Å². The van der Waals surface area contributed by atoms with Gasteiger partial charge in [0.1, 0.15) is 0 Å². The van der Waals surface area contributed by atoms with Gasteiger partial charge in [-0.1, -0.05) is 33.6 Å². The number of aromatic nitrogens is 1. The van der Waals surface area contributed by atoms with Gasteiger partial charge < -0.3 is 5.32 Å². The first-order valence-electron chi connectivity index (χ1n) is 8.22. The van der Waals surface area contributed by atoms with Crippen LogP contribution in [0.3, 0.4) is 0 Å². The smallest absolute Gasteiger partial charge is 0.0897 e. The van der Waals surface area contributed by atoms with Crippen molar-refractivity contribution in [2.45, 2.75) is 65.8 Å². The largest absolute Gasteiger partial charge is 0.314 e. The molecule has 1 fully saturated rings. The van der Waals surface area contributed by atoms with Crippen molar-refractivity contribution < 1.29 is 0 Å². The van der Waals surface area contributed by atoms with E-state index in [0.29, 0.717) is 6.04 Å². The van der Waals surface area contributed by atoms with E-state index >= 15 is 0 Å². The predicted molar refractivity (Wildman–Crippen MR) is 88.3 cm³/mol. The van der Waals surface area contributed by atoms with Gasteiger partial charge >= 0.3 is 0 Å². The van der Waals surface area contributed by atoms with Crippen molar-refractivity contribution in [3.8, 4) is 0 Å². The SMILES string of the molecule is CCC1CCC(CNC(C)C)C(Cc2csc(C)n2)C1. The zero-order chi connectivity index (χ0) is 14.5. The zero-order valence-electron chi connectivity index (χ0n) is 13.5. The van der Waals surface area contributed by atoms with Crippen LogP contribution < -0.4 is 5.32 Å². The summed E-state index contributed by atoms with van der Waals surface area (Å²) in [4.78, 5) is 4.68. The Labute approximate surface area is 128 Å². The average Bonchev–Trinajstić information content (AvgIpc) is 2.82. The lowest BCUT2D eigenvalue weighted by Crippen LogP contribution is -2.36. The molecule has 114 valence electrons. The van der Waals surface area contributed by atoms with Crippen molar-refractivity contribution in [2.75, 3.05) is 6.54 Å². The Morgan fingerprint density at radius 1 is 1.35 bits per heavy atom. The van der Waals surface area contributed by atoms with Gasteiger partial charge in [0.15, 0.2) is 0 Å². The topological polar surface area (TPSA) is 24.9 Å². The quantitative estimate of drug-likeness (QED) is 0.839. The second-order valence-electron chi connectivity index (χ2n) is 6.73. The van der Waals surface area contributed by atoms with E-state index in [1.54, 1.807) is 11.3 Å². The molecule has 1 aliphatic carbocycles. The first-order chi connectivity index (χ1) is 9.58. The van der Waals surface area contributed by atoms with E-state index < -0.39 is 0 Å². The van der Waals surface area contributed by atoms with E-state index in [2.05, 4.69) is 43.4 Å². The van der Waals surface area contributed by atoms with Crippen molar-refractivity contribution in [1.82, 2.24) is 10.3 Å². The summed E-state index contributed by atoms with van der Waals surface area (Å²) in [6, 6.07) is 0.598. The monoisotopic (exact) mass is 294 g/mol. The number of aryl methyl sites for hydroxylation is 1. The highest BCUT2D eigenvalue weighted by Crippen LogP contribution is 2.37. The number of nitrogens with one attached hydrogen (secondary N) is 1. The van der Waals surface area contributed by atoms with Gasteiger partial charge in [0.05, 0.1) is 10.7 Å². The second-order valence-corrected chi connectivity index (χ2v) is 7.79. The van der Waals surface area contributed by atoms with Crippen LogP contribution in [-0.4, -0.2) is 17.6 Å². The maximum atomic E-state index is 4.68. The van der Waals surface area contributed by atoms with Gasteiger partial charge in [-0.25, -0.2) is 4.98 Å². The van der Waals surface area contributed by atoms with E-state index in [9.17, 15) is 0 Å². The molecule has 2 nitrogen and oxygen atoms in total. The number of nitrogens with zero attached hydrogens (tertiary/aromatic N) is 1. The second kappa shape index (κ2) is 7.56. The molecule has 1 aliphatic rings. The van der Waals surface area contributed by atoms with Crippen LogP contribution in [-0.2, 0) is 6.42 Å². The molecule has 3 atom stereocenters. The third-order valence-electron chi connectivity index (χ3n) is 4.75. The zero-order valence-corrected chi connectivity index (χ0v) is 14.3. The van der Waals surface area contributed by atoms with E-state index in [1.165, 1.54) is 49.4 Å². The van der Waals surface area contributed by atoms with Gasteiger partial charge in [0, 0.05) is 11.4 Å². The van der Waals surface area contributed by atoms with E-state index in [0.717, 1.165) is 17.8 Å². The van der Waals surface area contributed by atoms with Crippen molar-refractivity contribution in [3.05, 3.63) is 16.1 Å². The molecule has 1 aromatic rings. The van der Waals surface area contributed by atoms with Crippen molar-refractivity contribution in [2.24, 2.45) is 17.8 Å². The van der Waals surface area contributed by atoms with E-state index in [-0.39, 0.29) is 0 Å². The van der Waals surface area contributed by atoms with Gasteiger partial charge in [-0.3, -0.25) is 0 Å². The molecule has 1 saturated carbocycles. The van der Waals surface area contributed by atoms with Gasteiger partial charge in [-0.15, -0.1) is 11.3 Å². The number of thiazole rings is 1.